The van der Waals surface area contributed by atoms with Gasteiger partial charge in [-0.1, -0.05) is 59.3 Å². The molecule has 0 aromatic rings. The van der Waals surface area contributed by atoms with Crippen LogP contribution in [0.15, 0.2) is 0 Å². The Morgan fingerprint density at radius 2 is 1.22 bits per heavy atom. The highest BCUT2D eigenvalue weighted by Gasteiger charge is 2.13. The highest BCUT2D eigenvalue weighted by molar-refractivity contribution is 4.62. The van der Waals surface area contributed by atoms with Crippen LogP contribution in [0.1, 0.15) is 85.0 Å². The van der Waals surface area contributed by atoms with Crippen molar-refractivity contribution in [3.8, 4) is 0 Å². The van der Waals surface area contributed by atoms with E-state index >= 15 is 0 Å². The van der Waals surface area contributed by atoms with Crippen LogP contribution in [-0.2, 0) is 0 Å². The highest BCUT2D eigenvalue weighted by Crippen LogP contribution is 2.12. The number of rotatable bonds is 13. The highest BCUT2D eigenvalue weighted by atomic mass is 16.3. The zero-order valence-corrected chi connectivity index (χ0v) is 13.0. The van der Waals surface area contributed by atoms with Crippen molar-refractivity contribution in [2.45, 2.75) is 91.2 Å². The van der Waals surface area contributed by atoms with Crippen LogP contribution in [0, 0.1) is 0 Å². The SMILES string of the molecule is CCCCCCCC(O)N(CCCC)CCCC. The van der Waals surface area contributed by atoms with Gasteiger partial charge in [-0.15, -0.1) is 0 Å². The van der Waals surface area contributed by atoms with E-state index in [1.54, 1.807) is 0 Å². The van der Waals surface area contributed by atoms with Crippen molar-refractivity contribution in [3.63, 3.8) is 0 Å². The van der Waals surface area contributed by atoms with Crippen molar-refractivity contribution in [2.24, 2.45) is 0 Å². The number of unbranched alkanes of at least 4 members (excludes halogenated alkanes) is 6. The van der Waals surface area contributed by atoms with Crippen LogP contribution in [-0.4, -0.2) is 29.3 Å². The molecule has 0 rings (SSSR count). The molecule has 1 unspecified atom stereocenters. The van der Waals surface area contributed by atoms with Crippen LogP contribution in [0.25, 0.3) is 0 Å². The summed E-state index contributed by atoms with van der Waals surface area (Å²) in [7, 11) is 0. The molecule has 0 aliphatic heterocycles. The minimum atomic E-state index is -0.204. The summed E-state index contributed by atoms with van der Waals surface area (Å²) in [5.41, 5.74) is 0. The molecule has 0 aromatic carbocycles. The number of hydrogen-bond donors (Lipinski definition) is 1. The van der Waals surface area contributed by atoms with Crippen LogP contribution in [0.4, 0.5) is 0 Å². The second-order valence-corrected chi connectivity index (χ2v) is 5.43. The quantitative estimate of drug-likeness (QED) is 0.386. The lowest BCUT2D eigenvalue weighted by Crippen LogP contribution is -2.36. The van der Waals surface area contributed by atoms with Crippen molar-refractivity contribution in [3.05, 3.63) is 0 Å². The van der Waals surface area contributed by atoms with Gasteiger partial charge in [0.25, 0.3) is 0 Å². The fourth-order valence-electron chi connectivity index (χ4n) is 2.25. The molecule has 0 fully saturated rings. The first-order chi connectivity index (χ1) is 8.76. The first-order valence-electron chi connectivity index (χ1n) is 8.18. The molecule has 0 bridgehead atoms. The molecule has 1 N–H and O–H groups in total. The molecule has 0 spiro atoms. The van der Waals surface area contributed by atoms with Crippen molar-refractivity contribution in [1.29, 1.82) is 0 Å². The molecule has 0 aliphatic carbocycles. The maximum Gasteiger partial charge on any atom is 0.107 e. The Labute approximate surface area is 115 Å². The van der Waals surface area contributed by atoms with Gasteiger partial charge in [-0.05, 0) is 25.7 Å². The molecule has 18 heavy (non-hydrogen) atoms. The fourth-order valence-corrected chi connectivity index (χ4v) is 2.25. The molecule has 0 saturated heterocycles. The molecule has 0 aromatic heterocycles. The van der Waals surface area contributed by atoms with E-state index in [1.807, 2.05) is 0 Å². The van der Waals surface area contributed by atoms with Crippen LogP contribution < -0.4 is 0 Å². The summed E-state index contributed by atoms with van der Waals surface area (Å²) in [6.45, 7) is 8.80. The van der Waals surface area contributed by atoms with E-state index < -0.39 is 0 Å². The van der Waals surface area contributed by atoms with Gasteiger partial charge in [0.05, 0.1) is 0 Å². The maximum atomic E-state index is 10.2. The van der Waals surface area contributed by atoms with Crippen LogP contribution in [0.3, 0.4) is 0 Å². The predicted molar refractivity (Wildman–Crippen MR) is 80.8 cm³/mol. The van der Waals surface area contributed by atoms with Crippen LogP contribution >= 0.6 is 0 Å². The Morgan fingerprint density at radius 3 is 1.72 bits per heavy atom. The van der Waals surface area contributed by atoms with Gasteiger partial charge < -0.3 is 5.11 Å². The summed E-state index contributed by atoms with van der Waals surface area (Å²) >= 11 is 0. The van der Waals surface area contributed by atoms with Gasteiger partial charge >= 0.3 is 0 Å². The summed E-state index contributed by atoms with van der Waals surface area (Å²) < 4.78 is 0. The Hall–Kier alpha value is -0.0800. The Morgan fingerprint density at radius 1 is 0.722 bits per heavy atom. The molecule has 1 atom stereocenters. The summed E-state index contributed by atoms with van der Waals surface area (Å²) in [5.74, 6) is 0. The van der Waals surface area contributed by atoms with E-state index in [1.165, 1.54) is 57.8 Å². The van der Waals surface area contributed by atoms with E-state index in [2.05, 4.69) is 25.7 Å². The summed E-state index contributed by atoms with van der Waals surface area (Å²) in [5, 5.41) is 10.2. The van der Waals surface area contributed by atoms with E-state index in [0.717, 1.165) is 19.5 Å². The average Bonchev–Trinajstić information content (AvgIpc) is 2.38. The van der Waals surface area contributed by atoms with Gasteiger partial charge in [-0.25, -0.2) is 0 Å². The lowest BCUT2D eigenvalue weighted by Gasteiger charge is -2.27. The maximum absolute atomic E-state index is 10.2. The van der Waals surface area contributed by atoms with Crippen molar-refractivity contribution >= 4 is 0 Å². The lowest BCUT2D eigenvalue weighted by molar-refractivity contribution is -0.00571. The minimum Gasteiger partial charge on any atom is -0.378 e. The number of hydrogen-bond acceptors (Lipinski definition) is 2. The first-order valence-corrected chi connectivity index (χ1v) is 8.18. The lowest BCUT2D eigenvalue weighted by atomic mass is 10.1. The Bertz CT molecular complexity index is 153. The molecule has 2 nitrogen and oxygen atoms in total. The van der Waals surface area contributed by atoms with Gasteiger partial charge in [0.2, 0.25) is 0 Å². The zero-order valence-electron chi connectivity index (χ0n) is 13.0. The average molecular weight is 257 g/mol. The Balaban J connectivity index is 3.76. The fraction of sp³-hybridized carbons (Fsp3) is 1.00. The second kappa shape index (κ2) is 13.4. The van der Waals surface area contributed by atoms with Gasteiger partial charge in [0.1, 0.15) is 6.23 Å². The summed E-state index contributed by atoms with van der Waals surface area (Å²) in [6, 6.07) is 0. The number of aliphatic hydroxyl groups excluding tert-OH is 1. The van der Waals surface area contributed by atoms with E-state index in [-0.39, 0.29) is 6.23 Å². The molecule has 2 heteroatoms. The largest absolute Gasteiger partial charge is 0.378 e. The number of aliphatic hydroxyl groups is 1. The predicted octanol–water partition coefficient (Wildman–Crippen LogP) is 4.57. The molecule has 0 radical (unpaired) electrons. The molecule has 110 valence electrons. The van der Waals surface area contributed by atoms with E-state index in [4.69, 9.17) is 0 Å². The monoisotopic (exact) mass is 257 g/mol. The minimum absolute atomic E-state index is 0.204. The third-order valence-corrected chi connectivity index (χ3v) is 3.59. The van der Waals surface area contributed by atoms with E-state index in [0.29, 0.717) is 0 Å². The van der Waals surface area contributed by atoms with Gasteiger partial charge in [0, 0.05) is 13.1 Å². The van der Waals surface area contributed by atoms with Gasteiger partial charge in [-0.3, -0.25) is 4.90 Å². The topological polar surface area (TPSA) is 23.5 Å². The van der Waals surface area contributed by atoms with Crippen LogP contribution in [0.2, 0.25) is 0 Å². The molecular formula is C16H35NO. The smallest absolute Gasteiger partial charge is 0.107 e. The van der Waals surface area contributed by atoms with Crippen LogP contribution in [0.5, 0.6) is 0 Å². The third kappa shape index (κ3) is 9.90. The number of nitrogens with zero attached hydrogens (tertiary/aromatic N) is 1. The third-order valence-electron chi connectivity index (χ3n) is 3.59. The van der Waals surface area contributed by atoms with Crippen molar-refractivity contribution < 1.29 is 5.11 Å². The Kier molecular flexibility index (Phi) is 13.3. The van der Waals surface area contributed by atoms with Crippen molar-refractivity contribution in [2.75, 3.05) is 13.1 Å². The van der Waals surface area contributed by atoms with Gasteiger partial charge in [-0.2, -0.15) is 0 Å². The first kappa shape index (κ1) is 17.9. The second-order valence-electron chi connectivity index (χ2n) is 5.43. The standard InChI is InChI=1S/C16H35NO/c1-4-7-10-11-12-13-16(18)17(14-8-5-2)15-9-6-3/h16,18H,4-15H2,1-3H3. The molecule has 0 aliphatic rings. The molecule has 0 saturated carbocycles. The molecule has 0 heterocycles. The summed E-state index contributed by atoms with van der Waals surface area (Å²) in [6.07, 6.45) is 12.0. The zero-order chi connectivity index (χ0) is 13.6. The summed E-state index contributed by atoms with van der Waals surface area (Å²) in [4.78, 5) is 2.28. The van der Waals surface area contributed by atoms with E-state index in [9.17, 15) is 5.11 Å². The molecule has 0 amide bonds. The van der Waals surface area contributed by atoms with Gasteiger partial charge in [0.15, 0.2) is 0 Å². The van der Waals surface area contributed by atoms with Crippen molar-refractivity contribution in [1.82, 2.24) is 4.90 Å². The molecular weight excluding hydrogens is 222 g/mol. The normalized spacial score (nSPS) is 13.2.